The molecule has 60 valence electrons. The number of hydrogen-bond donors (Lipinski definition) is 3. The first-order valence-electron chi connectivity index (χ1n) is 2.36. The summed E-state index contributed by atoms with van der Waals surface area (Å²) >= 11 is 4.95. The van der Waals surface area contributed by atoms with Crippen molar-refractivity contribution in [2.75, 3.05) is 12.8 Å². The molecule has 3 N–H and O–H groups in total. The van der Waals surface area contributed by atoms with Gasteiger partial charge in [0, 0.05) is 7.05 Å². The maximum Gasteiger partial charge on any atom is 0.242 e. The van der Waals surface area contributed by atoms with Gasteiger partial charge in [-0.3, -0.25) is 4.79 Å². The van der Waals surface area contributed by atoms with Crippen LogP contribution in [-0.2, 0) is 16.6 Å². The highest BCUT2D eigenvalue weighted by Crippen LogP contribution is 2.50. The molecule has 0 atom stereocenters. The number of nitrogens with one attached hydrogen (secondary N) is 1. The molecule has 4 nitrogen and oxygen atoms in total. The van der Waals surface area contributed by atoms with Crippen LogP contribution in [0.5, 0.6) is 0 Å². The molecule has 0 spiro atoms. The smallest absolute Gasteiger partial charge is 0.242 e. The topological polar surface area (TPSA) is 69.6 Å². The van der Waals surface area contributed by atoms with Gasteiger partial charge in [-0.1, -0.05) is 11.4 Å². The predicted molar refractivity (Wildman–Crippen MR) is 45.2 cm³/mol. The fourth-order valence-electron chi connectivity index (χ4n) is 0.215. The van der Waals surface area contributed by atoms with E-state index in [1.807, 2.05) is 0 Å². The highest BCUT2D eigenvalue weighted by atomic mass is 32.9. The third-order valence-electron chi connectivity index (χ3n) is 0.643. The Morgan fingerprint density at radius 1 is 1.80 bits per heavy atom. The highest BCUT2D eigenvalue weighted by Gasteiger charge is 2.10. The molecular weight excluding hydrogens is 193 g/mol. The van der Waals surface area contributed by atoms with Crippen molar-refractivity contribution in [1.82, 2.24) is 5.32 Å². The third kappa shape index (κ3) is 6.51. The van der Waals surface area contributed by atoms with Gasteiger partial charge in [0.25, 0.3) is 0 Å². The maximum absolute atomic E-state index is 10.5. The van der Waals surface area contributed by atoms with Gasteiger partial charge in [0.1, 0.15) is 0 Å². The number of rotatable bonds is 3. The van der Waals surface area contributed by atoms with Gasteiger partial charge in [-0.2, -0.15) is 0 Å². The fraction of sp³-hybridized carbons (Fsp3) is 0.667. The molecule has 0 aliphatic carbocycles. The van der Waals surface area contributed by atoms with Crippen molar-refractivity contribution in [1.29, 1.82) is 0 Å². The van der Waals surface area contributed by atoms with E-state index in [1.54, 1.807) is 0 Å². The van der Waals surface area contributed by atoms with Gasteiger partial charge in [-0.25, -0.2) is 0 Å². The standard InChI is InChI=1S/C3H8NO3PS2/c1-4-3(5)2-10-8(6,7)9/h2H2,1H3,(H,4,5)(H2,6,7,9). The lowest BCUT2D eigenvalue weighted by Gasteiger charge is -2.04. The summed E-state index contributed by atoms with van der Waals surface area (Å²) in [6.45, 7) is 0. The first-order valence-corrected chi connectivity index (χ1v) is 6.66. The van der Waals surface area contributed by atoms with Crippen molar-refractivity contribution in [2.24, 2.45) is 0 Å². The van der Waals surface area contributed by atoms with Crippen LogP contribution in [0.25, 0.3) is 0 Å². The van der Waals surface area contributed by atoms with Crippen molar-refractivity contribution in [3.8, 4) is 0 Å². The SMILES string of the molecule is CNC(=O)CSP(O)(O)=S. The maximum atomic E-state index is 10.5. The van der Waals surface area contributed by atoms with Crippen molar-refractivity contribution >= 4 is 34.8 Å². The van der Waals surface area contributed by atoms with E-state index < -0.39 is 5.69 Å². The number of carbonyl (C=O) groups excluding carboxylic acids is 1. The molecule has 0 saturated heterocycles. The van der Waals surface area contributed by atoms with Gasteiger partial charge < -0.3 is 15.1 Å². The van der Waals surface area contributed by atoms with Crippen LogP contribution in [-0.4, -0.2) is 28.5 Å². The van der Waals surface area contributed by atoms with Crippen molar-refractivity contribution in [3.05, 3.63) is 0 Å². The molecule has 0 radical (unpaired) electrons. The van der Waals surface area contributed by atoms with Crippen LogP contribution in [0, 0.1) is 0 Å². The fourth-order valence-corrected chi connectivity index (χ4v) is 1.98. The Balaban J connectivity index is 3.56. The summed E-state index contributed by atoms with van der Waals surface area (Å²) in [4.78, 5) is 27.7. The second kappa shape index (κ2) is 4.31. The molecule has 0 aromatic carbocycles. The number of amides is 1. The molecule has 1 amide bonds. The average Bonchev–Trinajstić information content (AvgIpc) is 1.81. The zero-order valence-electron chi connectivity index (χ0n) is 5.27. The highest BCUT2D eigenvalue weighted by molar-refractivity contribution is 8.67. The summed E-state index contributed by atoms with van der Waals surface area (Å²) in [6.07, 6.45) is 0. The van der Waals surface area contributed by atoms with Crippen LogP contribution in [0.2, 0.25) is 0 Å². The monoisotopic (exact) mass is 201 g/mol. The molecule has 0 aromatic heterocycles. The largest absolute Gasteiger partial charge is 0.358 e. The van der Waals surface area contributed by atoms with E-state index >= 15 is 0 Å². The Morgan fingerprint density at radius 2 is 2.30 bits per heavy atom. The molecule has 0 unspecified atom stereocenters. The summed E-state index contributed by atoms with van der Waals surface area (Å²) in [5, 5.41) is 2.33. The van der Waals surface area contributed by atoms with E-state index in [1.165, 1.54) is 7.05 Å². The molecule has 7 heteroatoms. The van der Waals surface area contributed by atoms with E-state index in [4.69, 9.17) is 9.79 Å². The van der Waals surface area contributed by atoms with Crippen LogP contribution in [0.3, 0.4) is 0 Å². The number of hydrogen-bond acceptors (Lipinski definition) is 3. The van der Waals surface area contributed by atoms with Gasteiger partial charge >= 0.3 is 0 Å². The zero-order chi connectivity index (χ0) is 8.20. The minimum Gasteiger partial charge on any atom is -0.358 e. The second-order valence-corrected chi connectivity index (χ2v) is 7.49. The first-order chi connectivity index (χ1) is 4.45. The lowest BCUT2D eigenvalue weighted by Crippen LogP contribution is -2.19. The van der Waals surface area contributed by atoms with Crippen LogP contribution in [0.1, 0.15) is 0 Å². The normalized spacial score (nSPS) is 11.1. The van der Waals surface area contributed by atoms with Gasteiger partial charge in [0.05, 0.1) is 5.75 Å². The molecule has 10 heavy (non-hydrogen) atoms. The Hall–Kier alpha value is 0.390. The molecule has 0 aromatic rings. The van der Waals surface area contributed by atoms with Crippen molar-refractivity contribution in [2.45, 2.75) is 0 Å². The molecule has 0 aliphatic rings. The summed E-state index contributed by atoms with van der Waals surface area (Å²) in [7, 11) is 1.47. The van der Waals surface area contributed by atoms with E-state index in [0.29, 0.717) is 11.4 Å². The van der Waals surface area contributed by atoms with E-state index in [9.17, 15) is 4.79 Å². The van der Waals surface area contributed by atoms with Crippen molar-refractivity contribution in [3.63, 3.8) is 0 Å². The Morgan fingerprint density at radius 3 is 2.60 bits per heavy atom. The predicted octanol–water partition coefficient (Wildman–Crippen LogP) is -0.325. The molecule has 0 aliphatic heterocycles. The Bertz CT molecular complexity index is 167. The minimum atomic E-state index is -3.24. The second-order valence-electron chi connectivity index (χ2n) is 1.44. The molecule has 0 heterocycles. The third-order valence-corrected chi connectivity index (χ3v) is 3.72. The molecule has 0 saturated carbocycles. The lowest BCUT2D eigenvalue weighted by molar-refractivity contribution is -0.118. The van der Waals surface area contributed by atoms with Crippen LogP contribution >= 0.6 is 17.1 Å². The van der Waals surface area contributed by atoms with Crippen LogP contribution in [0.15, 0.2) is 0 Å². The average molecular weight is 201 g/mol. The zero-order valence-corrected chi connectivity index (χ0v) is 7.80. The van der Waals surface area contributed by atoms with E-state index in [2.05, 4.69) is 17.1 Å². The van der Waals surface area contributed by atoms with Gasteiger partial charge in [-0.05, 0) is 11.8 Å². The first kappa shape index (κ1) is 10.4. The Kier molecular flexibility index (Phi) is 4.47. The molecule has 0 bridgehead atoms. The molecule has 0 fully saturated rings. The lowest BCUT2D eigenvalue weighted by atomic mass is 10.7. The molecule has 0 rings (SSSR count). The summed E-state index contributed by atoms with van der Waals surface area (Å²) < 4.78 is 0. The summed E-state index contributed by atoms with van der Waals surface area (Å²) in [5.74, 6) is -0.261. The van der Waals surface area contributed by atoms with E-state index in [-0.39, 0.29) is 11.7 Å². The summed E-state index contributed by atoms with van der Waals surface area (Å²) in [6, 6.07) is 0. The van der Waals surface area contributed by atoms with Gasteiger partial charge in [-0.15, -0.1) is 0 Å². The number of carbonyl (C=O) groups is 1. The van der Waals surface area contributed by atoms with Gasteiger partial charge in [0.15, 0.2) is 0 Å². The van der Waals surface area contributed by atoms with Crippen molar-refractivity contribution < 1.29 is 14.6 Å². The van der Waals surface area contributed by atoms with E-state index in [0.717, 1.165) is 0 Å². The molecular formula is C3H8NO3PS2. The minimum absolute atomic E-state index is 0.000772. The quantitative estimate of drug-likeness (QED) is 0.546. The van der Waals surface area contributed by atoms with Crippen LogP contribution < -0.4 is 5.32 Å². The summed E-state index contributed by atoms with van der Waals surface area (Å²) in [5.41, 5.74) is -3.24. The van der Waals surface area contributed by atoms with Gasteiger partial charge in [0.2, 0.25) is 11.6 Å². The Labute approximate surface area is 67.9 Å². The van der Waals surface area contributed by atoms with Crippen LogP contribution in [0.4, 0.5) is 0 Å².